The van der Waals surface area contributed by atoms with E-state index >= 15 is 0 Å². The summed E-state index contributed by atoms with van der Waals surface area (Å²) >= 11 is 0. The van der Waals surface area contributed by atoms with Crippen molar-refractivity contribution in [3.05, 3.63) is 0 Å². The van der Waals surface area contributed by atoms with Crippen LogP contribution in [-0.4, -0.2) is 18.0 Å². The fraction of sp³-hybridized carbons (Fsp3) is 0.769. The van der Waals surface area contributed by atoms with E-state index in [2.05, 4.69) is 25.1 Å². The van der Waals surface area contributed by atoms with Gasteiger partial charge in [0.15, 0.2) is 0 Å². The number of rotatable bonds is 3. The zero-order chi connectivity index (χ0) is 12.1. The number of nitrogens with one attached hydrogen (secondary N) is 1. The van der Waals surface area contributed by atoms with Gasteiger partial charge in [0.05, 0.1) is 6.04 Å². The summed E-state index contributed by atoms with van der Waals surface area (Å²) in [7, 11) is 0. The summed E-state index contributed by atoms with van der Waals surface area (Å²) in [5.41, 5.74) is 5.66. The third-order valence-electron chi connectivity index (χ3n) is 3.43. The molecule has 1 aliphatic carbocycles. The molecule has 0 aromatic carbocycles. The molecule has 1 aliphatic rings. The zero-order valence-corrected chi connectivity index (χ0v) is 10.2. The molecule has 0 heterocycles. The Hall–Kier alpha value is -1.01. The lowest BCUT2D eigenvalue weighted by atomic mass is 9.80. The molecule has 0 saturated heterocycles. The van der Waals surface area contributed by atoms with Crippen molar-refractivity contribution in [1.29, 1.82) is 0 Å². The first-order valence-corrected chi connectivity index (χ1v) is 6.04. The van der Waals surface area contributed by atoms with E-state index in [4.69, 9.17) is 12.2 Å². The largest absolute Gasteiger partial charge is 0.352 e. The van der Waals surface area contributed by atoms with Crippen LogP contribution in [0.3, 0.4) is 0 Å². The SMILES string of the molecule is C#CCC(N)C(=O)NC1CCC(C)CC1C. The molecule has 1 amide bonds. The van der Waals surface area contributed by atoms with Gasteiger partial charge >= 0.3 is 0 Å². The average Bonchev–Trinajstić information content (AvgIpc) is 2.22. The molecular weight excluding hydrogens is 200 g/mol. The van der Waals surface area contributed by atoms with Crippen molar-refractivity contribution in [2.45, 2.75) is 51.6 Å². The van der Waals surface area contributed by atoms with E-state index < -0.39 is 6.04 Å². The second kappa shape index (κ2) is 5.91. The van der Waals surface area contributed by atoms with E-state index in [0.29, 0.717) is 12.3 Å². The van der Waals surface area contributed by atoms with Gasteiger partial charge in [-0.1, -0.05) is 13.8 Å². The second-order valence-corrected chi connectivity index (χ2v) is 5.03. The summed E-state index contributed by atoms with van der Waals surface area (Å²) in [6.07, 6.45) is 8.85. The van der Waals surface area contributed by atoms with Crippen molar-refractivity contribution in [1.82, 2.24) is 5.32 Å². The number of nitrogens with two attached hydrogens (primary N) is 1. The summed E-state index contributed by atoms with van der Waals surface area (Å²) in [5, 5.41) is 3.01. The number of amides is 1. The molecule has 4 unspecified atom stereocenters. The lowest BCUT2D eigenvalue weighted by molar-refractivity contribution is -0.123. The highest BCUT2D eigenvalue weighted by atomic mass is 16.2. The van der Waals surface area contributed by atoms with Crippen LogP contribution in [0, 0.1) is 24.2 Å². The van der Waals surface area contributed by atoms with Crippen LogP contribution in [0.5, 0.6) is 0 Å². The quantitative estimate of drug-likeness (QED) is 0.707. The zero-order valence-electron chi connectivity index (χ0n) is 10.2. The minimum atomic E-state index is -0.559. The van der Waals surface area contributed by atoms with Gasteiger partial charge in [0.1, 0.15) is 0 Å². The number of terminal acetylenes is 1. The Morgan fingerprint density at radius 1 is 1.56 bits per heavy atom. The van der Waals surface area contributed by atoms with Crippen LogP contribution in [0.1, 0.15) is 39.5 Å². The smallest absolute Gasteiger partial charge is 0.238 e. The molecule has 0 aromatic rings. The fourth-order valence-corrected chi connectivity index (χ4v) is 2.39. The van der Waals surface area contributed by atoms with E-state index in [1.54, 1.807) is 0 Å². The van der Waals surface area contributed by atoms with Gasteiger partial charge in [0, 0.05) is 12.5 Å². The average molecular weight is 222 g/mol. The Labute approximate surface area is 98.2 Å². The first-order valence-electron chi connectivity index (χ1n) is 6.04. The molecule has 0 aliphatic heterocycles. The molecule has 16 heavy (non-hydrogen) atoms. The lowest BCUT2D eigenvalue weighted by Gasteiger charge is -2.33. The van der Waals surface area contributed by atoms with Crippen molar-refractivity contribution in [2.24, 2.45) is 17.6 Å². The van der Waals surface area contributed by atoms with Crippen molar-refractivity contribution in [2.75, 3.05) is 0 Å². The monoisotopic (exact) mass is 222 g/mol. The molecule has 1 fully saturated rings. The summed E-state index contributed by atoms with van der Waals surface area (Å²) < 4.78 is 0. The fourth-order valence-electron chi connectivity index (χ4n) is 2.39. The van der Waals surface area contributed by atoms with Crippen LogP contribution in [-0.2, 0) is 4.79 Å². The van der Waals surface area contributed by atoms with Gasteiger partial charge in [-0.25, -0.2) is 0 Å². The van der Waals surface area contributed by atoms with Gasteiger partial charge in [-0.2, -0.15) is 0 Å². The number of hydrogen-bond acceptors (Lipinski definition) is 2. The van der Waals surface area contributed by atoms with Crippen LogP contribution in [0.15, 0.2) is 0 Å². The minimum absolute atomic E-state index is 0.107. The summed E-state index contributed by atoms with van der Waals surface area (Å²) in [6, 6.07) is -0.288. The predicted octanol–water partition coefficient (Wildman–Crippen LogP) is 1.28. The van der Waals surface area contributed by atoms with Gasteiger partial charge < -0.3 is 11.1 Å². The Balaban J connectivity index is 2.42. The Morgan fingerprint density at radius 3 is 2.81 bits per heavy atom. The van der Waals surface area contributed by atoms with E-state index in [9.17, 15) is 4.79 Å². The van der Waals surface area contributed by atoms with Crippen LogP contribution >= 0.6 is 0 Å². The highest BCUT2D eigenvalue weighted by molar-refractivity contribution is 5.82. The molecule has 0 radical (unpaired) electrons. The number of carbonyl (C=O) groups excluding carboxylic acids is 1. The topological polar surface area (TPSA) is 55.1 Å². The van der Waals surface area contributed by atoms with Gasteiger partial charge in [0.2, 0.25) is 5.91 Å². The normalized spacial score (nSPS) is 31.5. The van der Waals surface area contributed by atoms with Crippen LogP contribution in [0.4, 0.5) is 0 Å². The first kappa shape index (κ1) is 13.1. The molecule has 1 rings (SSSR count). The molecule has 0 aromatic heterocycles. The molecule has 1 saturated carbocycles. The molecular formula is C13H22N2O. The predicted molar refractivity (Wildman–Crippen MR) is 65.5 cm³/mol. The summed E-state index contributed by atoms with van der Waals surface area (Å²) in [6.45, 7) is 4.45. The molecule has 3 N–H and O–H groups in total. The summed E-state index contributed by atoms with van der Waals surface area (Å²) in [5.74, 6) is 3.61. The standard InChI is InChI=1S/C13H22N2O/c1-4-5-11(14)13(16)15-12-7-6-9(2)8-10(12)3/h1,9-12H,5-8,14H2,2-3H3,(H,15,16). The van der Waals surface area contributed by atoms with Gasteiger partial charge in [-0.05, 0) is 31.1 Å². The van der Waals surface area contributed by atoms with Crippen molar-refractivity contribution < 1.29 is 4.79 Å². The molecule has 90 valence electrons. The van der Waals surface area contributed by atoms with E-state index in [1.807, 2.05) is 0 Å². The minimum Gasteiger partial charge on any atom is -0.352 e. The van der Waals surface area contributed by atoms with Crippen molar-refractivity contribution in [3.63, 3.8) is 0 Å². The van der Waals surface area contributed by atoms with Crippen molar-refractivity contribution in [3.8, 4) is 12.3 Å². The Morgan fingerprint density at radius 2 is 2.25 bits per heavy atom. The highest BCUT2D eigenvalue weighted by Crippen LogP contribution is 2.28. The maximum Gasteiger partial charge on any atom is 0.238 e. The lowest BCUT2D eigenvalue weighted by Crippen LogP contribution is -2.48. The molecule has 3 nitrogen and oxygen atoms in total. The maximum atomic E-state index is 11.7. The molecule has 0 bridgehead atoms. The van der Waals surface area contributed by atoms with Crippen LogP contribution in [0.25, 0.3) is 0 Å². The van der Waals surface area contributed by atoms with E-state index in [0.717, 1.165) is 12.3 Å². The van der Waals surface area contributed by atoms with Gasteiger partial charge in [-0.15, -0.1) is 12.3 Å². The van der Waals surface area contributed by atoms with E-state index in [1.165, 1.54) is 12.8 Å². The van der Waals surface area contributed by atoms with Gasteiger partial charge in [-0.3, -0.25) is 4.79 Å². The number of carbonyl (C=O) groups is 1. The van der Waals surface area contributed by atoms with Gasteiger partial charge in [0.25, 0.3) is 0 Å². The number of hydrogen-bond donors (Lipinski definition) is 2. The maximum absolute atomic E-state index is 11.7. The third kappa shape index (κ3) is 3.53. The molecule has 3 heteroatoms. The van der Waals surface area contributed by atoms with Crippen LogP contribution < -0.4 is 11.1 Å². The summed E-state index contributed by atoms with van der Waals surface area (Å²) in [4.78, 5) is 11.7. The Bertz CT molecular complexity index is 282. The van der Waals surface area contributed by atoms with E-state index in [-0.39, 0.29) is 11.9 Å². The first-order chi connectivity index (χ1) is 7.54. The second-order valence-electron chi connectivity index (χ2n) is 5.03. The molecule has 4 atom stereocenters. The Kier molecular flexibility index (Phi) is 4.82. The van der Waals surface area contributed by atoms with Crippen LogP contribution in [0.2, 0.25) is 0 Å². The third-order valence-corrected chi connectivity index (χ3v) is 3.43. The van der Waals surface area contributed by atoms with Crippen molar-refractivity contribution >= 4 is 5.91 Å². The highest BCUT2D eigenvalue weighted by Gasteiger charge is 2.27. The molecule has 0 spiro atoms.